The lowest BCUT2D eigenvalue weighted by Crippen LogP contribution is -2.26. The van der Waals surface area contributed by atoms with Gasteiger partial charge in [0.05, 0.1) is 18.4 Å². The molecule has 0 amide bonds. The van der Waals surface area contributed by atoms with E-state index in [0.29, 0.717) is 17.3 Å². The highest BCUT2D eigenvalue weighted by atomic mass is 19.1. The number of ether oxygens (including phenoxy) is 1. The second-order valence-electron chi connectivity index (χ2n) is 5.46. The number of halogens is 1. The van der Waals surface area contributed by atoms with Crippen molar-refractivity contribution in [1.29, 1.82) is 0 Å². The summed E-state index contributed by atoms with van der Waals surface area (Å²) < 4.78 is 18.5. The summed E-state index contributed by atoms with van der Waals surface area (Å²) in [6.45, 7) is 2.22. The Kier molecular flexibility index (Phi) is 4.99. The van der Waals surface area contributed by atoms with Crippen molar-refractivity contribution in [3.63, 3.8) is 0 Å². The Morgan fingerprint density at radius 3 is 2.65 bits per heavy atom. The molecule has 1 aliphatic carbocycles. The molecule has 0 bridgehead atoms. The van der Waals surface area contributed by atoms with Crippen LogP contribution in [0.4, 0.5) is 10.1 Å². The van der Waals surface area contributed by atoms with E-state index in [9.17, 15) is 9.18 Å². The van der Waals surface area contributed by atoms with E-state index in [2.05, 4.69) is 17.0 Å². The smallest absolute Gasteiger partial charge is 0.337 e. The highest BCUT2D eigenvalue weighted by Gasteiger charge is 2.21. The highest BCUT2D eigenvalue weighted by Crippen LogP contribution is 2.29. The van der Waals surface area contributed by atoms with E-state index < -0.39 is 5.97 Å². The molecule has 3 nitrogen and oxygen atoms in total. The van der Waals surface area contributed by atoms with Crippen molar-refractivity contribution in [2.75, 3.05) is 12.4 Å². The van der Waals surface area contributed by atoms with Gasteiger partial charge in [-0.3, -0.25) is 0 Å². The second kappa shape index (κ2) is 6.73. The minimum Gasteiger partial charge on any atom is -0.465 e. The Morgan fingerprint density at radius 1 is 1.35 bits per heavy atom. The monoisotopic (exact) mass is 279 g/mol. The first-order valence-electron chi connectivity index (χ1n) is 7.28. The molecule has 1 N–H and O–H groups in total. The summed E-state index contributed by atoms with van der Waals surface area (Å²) in [7, 11) is 1.32. The van der Waals surface area contributed by atoms with Crippen LogP contribution in [0.1, 0.15) is 49.4 Å². The third kappa shape index (κ3) is 3.50. The van der Waals surface area contributed by atoms with Crippen LogP contribution in [0, 0.1) is 11.7 Å². The molecule has 1 saturated carbocycles. The Labute approximate surface area is 119 Å². The fourth-order valence-corrected chi connectivity index (χ4v) is 2.82. The fourth-order valence-electron chi connectivity index (χ4n) is 2.82. The van der Waals surface area contributed by atoms with Crippen molar-refractivity contribution >= 4 is 11.7 Å². The van der Waals surface area contributed by atoms with Crippen molar-refractivity contribution in [3.05, 3.63) is 29.6 Å². The second-order valence-corrected chi connectivity index (χ2v) is 5.46. The topological polar surface area (TPSA) is 38.3 Å². The molecule has 20 heavy (non-hydrogen) atoms. The number of methoxy groups -OCH3 is 1. The van der Waals surface area contributed by atoms with E-state index in [4.69, 9.17) is 0 Å². The maximum Gasteiger partial charge on any atom is 0.337 e. The molecule has 0 saturated heterocycles. The lowest BCUT2D eigenvalue weighted by Gasteiger charge is -2.29. The first kappa shape index (κ1) is 14.8. The van der Waals surface area contributed by atoms with Gasteiger partial charge in [-0.15, -0.1) is 0 Å². The molecule has 0 radical (unpaired) electrons. The SMILES string of the molecule is CCC1CCC(Nc2cc(C(=O)OC)ccc2F)CC1. The largest absolute Gasteiger partial charge is 0.465 e. The average molecular weight is 279 g/mol. The van der Waals surface area contributed by atoms with E-state index in [1.807, 2.05) is 0 Å². The predicted octanol–water partition coefficient (Wildman–Crippen LogP) is 3.99. The number of hydrogen-bond acceptors (Lipinski definition) is 3. The summed E-state index contributed by atoms with van der Waals surface area (Å²) in [4.78, 5) is 11.5. The number of rotatable bonds is 4. The number of benzene rings is 1. The van der Waals surface area contributed by atoms with Crippen molar-refractivity contribution in [1.82, 2.24) is 0 Å². The zero-order valence-corrected chi connectivity index (χ0v) is 12.1. The predicted molar refractivity (Wildman–Crippen MR) is 77.4 cm³/mol. The Bertz CT molecular complexity index is 468. The van der Waals surface area contributed by atoms with Crippen LogP contribution in [0.25, 0.3) is 0 Å². The molecule has 0 heterocycles. The summed E-state index contributed by atoms with van der Waals surface area (Å²) in [6.07, 6.45) is 5.71. The molecular weight excluding hydrogens is 257 g/mol. The zero-order chi connectivity index (χ0) is 14.5. The molecule has 0 unspecified atom stereocenters. The van der Waals surface area contributed by atoms with Crippen LogP contribution in [0.3, 0.4) is 0 Å². The normalized spacial score (nSPS) is 22.4. The Hall–Kier alpha value is -1.58. The molecule has 0 aromatic heterocycles. The third-order valence-corrected chi connectivity index (χ3v) is 4.17. The van der Waals surface area contributed by atoms with Gasteiger partial charge in [0.2, 0.25) is 0 Å². The Morgan fingerprint density at radius 2 is 2.05 bits per heavy atom. The lowest BCUT2D eigenvalue weighted by atomic mass is 9.84. The molecule has 1 aromatic carbocycles. The summed E-state index contributed by atoms with van der Waals surface area (Å²) in [5, 5.41) is 3.23. The molecule has 1 aromatic rings. The van der Waals surface area contributed by atoms with Crippen LogP contribution >= 0.6 is 0 Å². The Balaban J connectivity index is 2.03. The van der Waals surface area contributed by atoms with Gasteiger partial charge >= 0.3 is 5.97 Å². The molecular formula is C16H22FNO2. The minimum absolute atomic E-state index is 0.292. The van der Waals surface area contributed by atoms with Crippen LogP contribution in [-0.2, 0) is 4.74 Å². The van der Waals surface area contributed by atoms with Crippen LogP contribution in [0.5, 0.6) is 0 Å². The first-order chi connectivity index (χ1) is 9.63. The first-order valence-corrected chi connectivity index (χ1v) is 7.28. The summed E-state index contributed by atoms with van der Waals surface area (Å²) >= 11 is 0. The third-order valence-electron chi connectivity index (χ3n) is 4.17. The van der Waals surface area contributed by atoms with Gasteiger partial charge in [-0.2, -0.15) is 0 Å². The summed E-state index contributed by atoms with van der Waals surface area (Å²) in [5.74, 6) is 0.0392. The average Bonchev–Trinajstić information content (AvgIpc) is 2.49. The van der Waals surface area contributed by atoms with Gasteiger partial charge < -0.3 is 10.1 Å². The van der Waals surface area contributed by atoms with E-state index >= 15 is 0 Å². The van der Waals surface area contributed by atoms with Gasteiger partial charge in [0, 0.05) is 6.04 Å². The number of carbonyl (C=O) groups excluding carboxylic acids is 1. The number of nitrogens with one attached hydrogen (secondary N) is 1. The quantitative estimate of drug-likeness (QED) is 0.847. The molecule has 1 aliphatic rings. The number of carbonyl (C=O) groups is 1. The molecule has 110 valence electrons. The van der Waals surface area contributed by atoms with Crippen LogP contribution in [0.2, 0.25) is 0 Å². The van der Waals surface area contributed by atoms with E-state index in [1.165, 1.54) is 44.6 Å². The van der Waals surface area contributed by atoms with Crippen molar-refractivity contribution in [3.8, 4) is 0 Å². The van der Waals surface area contributed by atoms with Gasteiger partial charge in [-0.25, -0.2) is 9.18 Å². The van der Waals surface area contributed by atoms with Gasteiger partial charge in [0.15, 0.2) is 0 Å². The lowest BCUT2D eigenvalue weighted by molar-refractivity contribution is 0.0600. The number of hydrogen-bond donors (Lipinski definition) is 1. The maximum absolute atomic E-state index is 13.8. The maximum atomic E-state index is 13.8. The molecule has 1 fully saturated rings. The van der Waals surface area contributed by atoms with Crippen LogP contribution in [-0.4, -0.2) is 19.1 Å². The van der Waals surface area contributed by atoms with E-state index in [-0.39, 0.29) is 5.82 Å². The fraction of sp³-hybridized carbons (Fsp3) is 0.562. The van der Waals surface area contributed by atoms with Gasteiger partial charge in [0.25, 0.3) is 0 Å². The standard InChI is InChI=1S/C16H22FNO2/c1-3-11-4-7-13(8-5-11)18-15-10-12(16(19)20-2)6-9-14(15)17/h6,9-11,13,18H,3-5,7-8H2,1-2H3. The van der Waals surface area contributed by atoms with Gasteiger partial charge in [0.1, 0.15) is 5.82 Å². The van der Waals surface area contributed by atoms with Gasteiger partial charge in [-0.05, 0) is 49.8 Å². The van der Waals surface area contributed by atoms with Crippen LogP contribution in [0.15, 0.2) is 18.2 Å². The van der Waals surface area contributed by atoms with E-state index in [1.54, 1.807) is 0 Å². The molecule has 2 rings (SSSR count). The summed E-state index contributed by atoms with van der Waals surface area (Å²) in [6, 6.07) is 4.58. The zero-order valence-electron chi connectivity index (χ0n) is 12.1. The molecule has 0 spiro atoms. The summed E-state index contributed by atoms with van der Waals surface area (Å²) in [5.41, 5.74) is 0.770. The van der Waals surface area contributed by atoms with Gasteiger partial charge in [-0.1, -0.05) is 13.3 Å². The van der Waals surface area contributed by atoms with Crippen LogP contribution < -0.4 is 5.32 Å². The van der Waals surface area contributed by atoms with Crippen molar-refractivity contribution in [2.45, 2.75) is 45.1 Å². The molecule has 4 heteroatoms. The van der Waals surface area contributed by atoms with Crippen molar-refractivity contribution < 1.29 is 13.9 Å². The highest BCUT2D eigenvalue weighted by molar-refractivity contribution is 5.90. The molecule has 0 atom stereocenters. The number of esters is 1. The molecule has 0 aliphatic heterocycles. The number of anilines is 1. The minimum atomic E-state index is -0.442. The van der Waals surface area contributed by atoms with E-state index in [0.717, 1.165) is 18.8 Å². The van der Waals surface area contributed by atoms with Crippen molar-refractivity contribution in [2.24, 2.45) is 5.92 Å².